The lowest BCUT2D eigenvalue weighted by Gasteiger charge is -2.24. The van der Waals surface area contributed by atoms with E-state index < -0.39 is 18.2 Å². The Morgan fingerprint density at radius 3 is 2.13 bits per heavy atom. The van der Waals surface area contributed by atoms with Crippen LogP contribution < -0.4 is 0 Å². The molecule has 1 nitrogen and oxygen atoms in total. The van der Waals surface area contributed by atoms with Crippen molar-refractivity contribution >= 4 is 0 Å². The van der Waals surface area contributed by atoms with Gasteiger partial charge in [-0.25, -0.2) is 0 Å². The lowest BCUT2D eigenvalue weighted by molar-refractivity contribution is -0.172. The first-order chi connectivity index (χ1) is 6.96. The van der Waals surface area contributed by atoms with Crippen molar-refractivity contribution in [1.29, 1.82) is 0 Å². The van der Waals surface area contributed by atoms with Crippen molar-refractivity contribution in [2.24, 2.45) is 0 Å². The van der Waals surface area contributed by atoms with Crippen LogP contribution in [0.5, 0.6) is 0 Å². The van der Waals surface area contributed by atoms with Gasteiger partial charge in [0, 0.05) is 0 Å². The molecule has 0 aliphatic carbocycles. The minimum absolute atomic E-state index is 0.0824. The van der Waals surface area contributed by atoms with E-state index in [1.165, 1.54) is 31.2 Å². The number of hydrogen-bond donors (Lipinski definition) is 1. The van der Waals surface area contributed by atoms with Gasteiger partial charge in [0.15, 0.2) is 0 Å². The smallest absolute Gasteiger partial charge is 0.392 e. The summed E-state index contributed by atoms with van der Waals surface area (Å²) in [6.07, 6.45) is -5.71. The average Bonchev–Trinajstić information content (AvgIpc) is 2.17. The van der Waals surface area contributed by atoms with Crippen LogP contribution in [0, 0.1) is 0 Å². The fraction of sp³-hybridized carbons (Fsp3) is 0.455. The average molecular weight is 218 g/mol. The van der Waals surface area contributed by atoms with Crippen LogP contribution in [0.1, 0.15) is 24.8 Å². The van der Waals surface area contributed by atoms with E-state index in [9.17, 15) is 18.3 Å². The molecule has 0 bridgehead atoms. The fourth-order valence-corrected chi connectivity index (χ4v) is 1.53. The standard InChI is InChI=1S/C11H13F3O/c1-2-9(15)10(11(12,13)14)8-6-4-3-5-7-8/h3-7,9-10,15H,2H2,1H3/t9-,10-/m0/s1. The molecule has 1 N–H and O–H groups in total. The molecule has 0 spiro atoms. The van der Waals surface area contributed by atoms with Gasteiger partial charge in [-0.1, -0.05) is 37.3 Å². The minimum atomic E-state index is -4.41. The summed E-state index contributed by atoms with van der Waals surface area (Å²) in [5.74, 6) is -1.79. The van der Waals surface area contributed by atoms with E-state index >= 15 is 0 Å². The van der Waals surface area contributed by atoms with Crippen LogP contribution in [0.25, 0.3) is 0 Å². The molecule has 0 amide bonds. The SMILES string of the molecule is CC[C@H](O)[C@H](c1ccccc1)C(F)(F)F. The van der Waals surface area contributed by atoms with E-state index in [4.69, 9.17) is 0 Å². The highest BCUT2D eigenvalue weighted by molar-refractivity contribution is 5.22. The van der Waals surface area contributed by atoms with Crippen LogP contribution in [0.4, 0.5) is 13.2 Å². The third kappa shape index (κ3) is 2.96. The summed E-state index contributed by atoms with van der Waals surface area (Å²) in [6.45, 7) is 1.53. The van der Waals surface area contributed by atoms with Crippen molar-refractivity contribution in [2.45, 2.75) is 31.5 Å². The largest absolute Gasteiger partial charge is 0.398 e. The molecule has 4 heteroatoms. The van der Waals surface area contributed by atoms with Crippen molar-refractivity contribution < 1.29 is 18.3 Å². The molecule has 0 saturated heterocycles. The zero-order chi connectivity index (χ0) is 11.5. The highest BCUT2D eigenvalue weighted by Gasteiger charge is 2.44. The molecule has 15 heavy (non-hydrogen) atoms. The zero-order valence-electron chi connectivity index (χ0n) is 8.33. The monoisotopic (exact) mass is 218 g/mol. The third-order valence-corrected chi connectivity index (χ3v) is 2.31. The van der Waals surface area contributed by atoms with Gasteiger partial charge in [-0.2, -0.15) is 13.2 Å². The molecule has 2 atom stereocenters. The highest BCUT2D eigenvalue weighted by atomic mass is 19.4. The third-order valence-electron chi connectivity index (χ3n) is 2.31. The first-order valence-electron chi connectivity index (χ1n) is 4.76. The molecular formula is C11H13F3O. The first-order valence-corrected chi connectivity index (χ1v) is 4.76. The lowest BCUT2D eigenvalue weighted by atomic mass is 9.91. The van der Waals surface area contributed by atoms with Crippen LogP contribution >= 0.6 is 0 Å². The number of benzene rings is 1. The number of halogens is 3. The maximum atomic E-state index is 12.7. The van der Waals surface area contributed by atoms with E-state index in [1.54, 1.807) is 6.07 Å². The molecule has 0 fully saturated rings. The summed E-state index contributed by atoms with van der Waals surface area (Å²) in [4.78, 5) is 0. The summed E-state index contributed by atoms with van der Waals surface area (Å²) in [6, 6.07) is 7.50. The van der Waals surface area contributed by atoms with Crippen molar-refractivity contribution in [3.8, 4) is 0 Å². The summed E-state index contributed by atoms with van der Waals surface area (Å²) in [7, 11) is 0. The van der Waals surface area contributed by atoms with Gasteiger partial charge in [0.1, 0.15) is 5.92 Å². The first kappa shape index (κ1) is 12.0. The fourth-order valence-electron chi connectivity index (χ4n) is 1.53. The topological polar surface area (TPSA) is 20.2 Å². The summed E-state index contributed by atoms with van der Waals surface area (Å²) in [5.41, 5.74) is 0.111. The number of aliphatic hydroxyl groups excluding tert-OH is 1. The molecule has 1 aromatic carbocycles. The maximum Gasteiger partial charge on any atom is 0.398 e. The van der Waals surface area contributed by atoms with Crippen LogP contribution in [0.15, 0.2) is 30.3 Å². The quantitative estimate of drug-likeness (QED) is 0.826. The predicted molar refractivity (Wildman–Crippen MR) is 51.5 cm³/mol. The van der Waals surface area contributed by atoms with Crippen molar-refractivity contribution in [2.75, 3.05) is 0 Å². The Morgan fingerprint density at radius 1 is 1.20 bits per heavy atom. The Bertz CT molecular complexity index is 294. The van der Waals surface area contributed by atoms with Crippen LogP contribution in [0.2, 0.25) is 0 Å². The Labute approximate surface area is 86.5 Å². The number of aliphatic hydroxyl groups is 1. The molecule has 0 aliphatic rings. The Hall–Kier alpha value is -1.03. The van der Waals surface area contributed by atoms with Crippen molar-refractivity contribution in [3.63, 3.8) is 0 Å². The molecule has 0 aromatic heterocycles. The predicted octanol–water partition coefficient (Wildman–Crippen LogP) is 3.10. The van der Waals surface area contributed by atoms with E-state index in [0.29, 0.717) is 0 Å². The highest BCUT2D eigenvalue weighted by Crippen LogP contribution is 2.38. The Balaban J connectivity index is 3.02. The molecule has 0 heterocycles. The molecule has 0 unspecified atom stereocenters. The van der Waals surface area contributed by atoms with Gasteiger partial charge in [-0.05, 0) is 12.0 Å². The maximum absolute atomic E-state index is 12.7. The number of alkyl halides is 3. The lowest BCUT2D eigenvalue weighted by Crippen LogP contribution is -2.31. The minimum Gasteiger partial charge on any atom is -0.392 e. The molecule has 0 saturated carbocycles. The summed E-state index contributed by atoms with van der Waals surface area (Å²) < 4.78 is 38.0. The van der Waals surface area contributed by atoms with E-state index in [0.717, 1.165) is 0 Å². The van der Waals surface area contributed by atoms with Crippen molar-refractivity contribution in [3.05, 3.63) is 35.9 Å². The van der Waals surface area contributed by atoms with Crippen molar-refractivity contribution in [1.82, 2.24) is 0 Å². The Kier molecular flexibility index (Phi) is 3.74. The second-order valence-corrected chi connectivity index (χ2v) is 3.41. The van der Waals surface area contributed by atoms with E-state index in [2.05, 4.69) is 0 Å². The molecule has 1 aromatic rings. The molecule has 1 rings (SSSR count). The van der Waals surface area contributed by atoms with Gasteiger partial charge in [0.2, 0.25) is 0 Å². The molecule has 0 aliphatic heterocycles. The van der Waals surface area contributed by atoms with Gasteiger partial charge in [0.05, 0.1) is 6.10 Å². The van der Waals surface area contributed by atoms with E-state index in [1.807, 2.05) is 0 Å². The van der Waals surface area contributed by atoms with E-state index in [-0.39, 0.29) is 12.0 Å². The van der Waals surface area contributed by atoms with Crippen LogP contribution in [-0.4, -0.2) is 17.4 Å². The van der Waals surface area contributed by atoms with Gasteiger partial charge < -0.3 is 5.11 Å². The number of hydrogen-bond acceptors (Lipinski definition) is 1. The molecule has 0 radical (unpaired) electrons. The Morgan fingerprint density at radius 2 is 1.73 bits per heavy atom. The zero-order valence-corrected chi connectivity index (χ0v) is 8.33. The second-order valence-electron chi connectivity index (χ2n) is 3.41. The second kappa shape index (κ2) is 4.66. The number of rotatable bonds is 3. The van der Waals surface area contributed by atoms with Crippen LogP contribution in [-0.2, 0) is 0 Å². The molecule has 84 valence electrons. The van der Waals surface area contributed by atoms with Gasteiger partial charge in [-0.15, -0.1) is 0 Å². The molecular weight excluding hydrogens is 205 g/mol. The summed E-state index contributed by atoms with van der Waals surface area (Å²) >= 11 is 0. The summed E-state index contributed by atoms with van der Waals surface area (Å²) in [5, 5.41) is 9.39. The van der Waals surface area contributed by atoms with Gasteiger partial charge in [-0.3, -0.25) is 0 Å². The van der Waals surface area contributed by atoms with Gasteiger partial charge in [0.25, 0.3) is 0 Å². The normalized spacial score (nSPS) is 16.1. The van der Waals surface area contributed by atoms with Gasteiger partial charge >= 0.3 is 6.18 Å². The van der Waals surface area contributed by atoms with Crippen LogP contribution in [0.3, 0.4) is 0 Å².